The number of aromatic nitrogens is 2. The highest BCUT2D eigenvalue weighted by atomic mass is 35.5. The van der Waals surface area contributed by atoms with Crippen LogP contribution in [0.1, 0.15) is 23.2 Å². The van der Waals surface area contributed by atoms with E-state index in [9.17, 15) is 21.6 Å². The fraction of sp³-hybridized carbons (Fsp3) is 0.500. The van der Waals surface area contributed by atoms with Crippen molar-refractivity contribution in [3.63, 3.8) is 0 Å². The minimum absolute atomic E-state index is 0.103. The van der Waals surface area contributed by atoms with Crippen LogP contribution in [-0.2, 0) is 29.8 Å². The second kappa shape index (κ2) is 8.25. The third-order valence-electron chi connectivity index (χ3n) is 5.01. The van der Waals surface area contributed by atoms with Gasteiger partial charge in [-0.1, -0.05) is 23.7 Å². The van der Waals surface area contributed by atoms with E-state index in [0.717, 1.165) is 27.7 Å². The Balaban J connectivity index is 1.79. The van der Waals surface area contributed by atoms with Crippen LogP contribution in [0.2, 0.25) is 5.15 Å². The summed E-state index contributed by atoms with van der Waals surface area (Å²) in [6.07, 6.45) is -4.24. The lowest BCUT2D eigenvalue weighted by molar-refractivity contribution is -0.139. The van der Waals surface area contributed by atoms with Crippen LogP contribution in [0.15, 0.2) is 29.2 Å². The van der Waals surface area contributed by atoms with Crippen LogP contribution in [-0.4, -0.2) is 53.6 Å². The van der Waals surface area contributed by atoms with Crippen LogP contribution in [0.3, 0.4) is 0 Å². The largest absolute Gasteiger partial charge is 0.417 e. The van der Waals surface area contributed by atoms with Gasteiger partial charge in [0.1, 0.15) is 5.15 Å². The molecule has 0 amide bonds. The monoisotopic (exact) mass is 450 g/mol. The Morgan fingerprint density at radius 1 is 1.14 bits per heavy atom. The molecule has 1 aromatic heterocycles. The molecule has 1 fully saturated rings. The van der Waals surface area contributed by atoms with E-state index < -0.39 is 26.7 Å². The molecule has 2 heterocycles. The zero-order valence-electron chi connectivity index (χ0n) is 16.1. The highest BCUT2D eigenvalue weighted by Gasteiger charge is 2.39. The van der Waals surface area contributed by atoms with Crippen molar-refractivity contribution in [2.24, 2.45) is 7.05 Å². The average molecular weight is 451 g/mol. The van der Waals surface area contributed by atoms with E-state index >= 15 is 0 Å². The van der Waals surface area contributed by atoms with E-state index in [1.165, 1.54) is 12.1 Å². The Hall–Kier alpha value is -1.62. The first kappa shape index (κ1) is 22.1. The number of aryl methyl sites for hydroxylation is 2. The molecule has 1 saturated heterocycles. The molecule has 3 rings (SSSR count). The smallest absolute Gasteiger partial charge is 0.298 e. The van der Waals surface area contributed by atoms with Crippen molar-refractivity contribution in [2.45, 2.75) is 31.0 Å². The van der Waals surface area contributed by atoms with Crippen molar-refractivity contribution in [2.75, 3.05) is 26.2 Å². The molecule has 1 aromatic carbocycles. The van der Waals surface area contributed by atoms with Crippen LogP contribution in [0.5, 0.6) is 0 Å². The number of hydrogen-bond donors (Lipinski definition) is 0. The van der Waals surface area contributed by atoms with Crippen LogP contribution in [0.25, 0.3) is 0 Å². The van der Waals surface area contributed by atoms with Gasteiger partial charge in [0.25, 0.3) is 0 Å². The Morgan fingerprint density at radius 2 is 1.83 bits per heavy atom. The van der Waals surface area contributed by atoms with Crippen LogP contribution in [0.4, 0.5) is 13.2 Å². The summed E-state index contributed by atoms with van der Waals surface area (Å²) in [5.74, 6) is 0. The topological polar surface area (TPSA) is 58.4 Å². The van der Waals surface area contributed by atoms with E-state index in [1.807, 2.05) is 11.8 Å². The van der Waals surface area contributed by atoms with E-state index in [1.54, 1.807) is 11.7 Å². The summed E-state index contributed by atoms with van der Waals surface area (Å²) in [4.78, 5) is 1.34. The Morgan fingerprint density at radius 3 is 2.45 bits per heavy atom. The van der Waals surface area contributed by atoms with Gasteiger partial charge in [0.2, 0.25) is 10.0 Å². The maximum atomic E-state index is 13.3. The van der Waals surface area contributed by atoms with E-state index in [-0.39, 0.29) is 13.1 Å². The molecule has 29 heavy (non-hydrogen) atoms. The van der Waals surface area contributed by atoms with E-state index in [4.69, 9.17) is 11.6 Å². The second-order valence-electron chi connectivity index (χ2n) is 7.01. The molecule has 0 spiro atoms. The van der Waals surface area contributed by atoms with Gasteiger partial charge in [0, 0.05) is 38.8 Å². The number of sulfonamides is 1. The lowest BCUT2D eigenvalue weighted by Crippen LogP contribution is -2.36. The summed E-state index contributed by atoms with van der Waals surface area (Å²) >= 11 is 6.28. The first-order valence-corrected chi connectivity index (χ1v) is 10.9. The van der Waals surface area contributed by atoms with Gasteiger partial charge in [-0.3, -0.25) is 9.58 Å². The van der Waals surface area contributed by atoms with Crippen LogP contribution >= 0.6 is 11.6 Å². The van der Waals surface area contributed by atoms with Gasteiger partial charge in [-0.15, -0.1) is 0 Å². The number of benzene rings is 1. The number of halogens is 4. The van der Waals surface area contributed by atoms with Crippen molar-refractivity contribution in [3.8, 4) is 0 Å². The molecule has 160 valence electrons. The molecule has 0 saturated carbocycles. The number of nitrogens with zero attached hydrogens (tertiary/aromatic N) is 4. The Bertz CT molecular complexity index is 991. The first-order chi connectivity index (χ1) is 13.5. The quantitative estimate of drug-likeness (QED) is 0.717. The van der Waals surface area contributed by atoms with Crippen molar-refractivity contribution >= 4 is 21.6 Å². The minimum Gasteiger partial charge on any atom is -0.298 e. The zero-order chi connectivity index (χ0) is 21.4. The predicted molar refractivity (Wildman–Crippen MR) is 103 cm³/mol. The summed E-state index contributed by atoms with van der Waals surface area (Å²) in [5, 5.41) is 4.79. The molecule has 0 unspecified atom stereocenters. The maximum absolute atomic E-state index is 13.3. The van der Waals surface area contributed by atoms with Gasteiger partial charge in [-0.05, 0) is 32.0 Å². The Labute approximate surface area is 172 Å². The molecule has 0 aliphatic carbocycles. The highest BCUT2D eigenvalue weighted by Crippen LogP contribution is 2.35. The van der Waals surface area contributed by atoms with Crippen molar-refractivity contribution in [3.05, 3.63) is 46.2 Å². The first-order valence-electron chi connectivity index (χ1n) is 9.08. The molecule has 2 aromatic rings. The van der Waals surface area contributed by atoms with Crippen molar-refractivity contribution < 1.29 is 21.6 Å². The van der Waals surface area contributed by atoms with Gasteiger partial charge in [0.15, 0.2) is 0 Å². The van der Waals surface area contributed by atoms with E-state index in [0.29, 0.717) is 31.2 Å². The third-order valence-corrected chi connectivity index (χ3v) is 7.44. The van der Waals surface area contributed by atoms with Gasteiger partial charge in [-0.25, -0.2) is 8.42 Å². The molecule has 1 aliphatic heterocycles. The summed E-state index contributed by atoms with van der Waals surface area (Å²) in [5.41, 5.74) is 0.525. The molecule has 0 radical (unpaired) electrons. The van der Waals surface area contributed by atoms with Gasteiger partial charge in [0.05, 0.1) is 16.2 Å². The average Bonchev–Trinajstić information content (AvgIpc) is 2.83. The number of hydrogen-bond acceptors (Lipinski definition) is 4. The summed E-state index contributed by atoms with van der Waals surface area (Å²) < 4.78 is 68.5. The lowest BCUT2D eigenvalue weighted by atomic mass is 10.2. The standard InChI is InChI=1S/C18H22ClF3N4O2S/c1-13-14(17(19)24(2)23-13)12-25-8-5-9-26(11-10-25)29(27,28)16-7-4-3-6-15(16)18(20,21)22/h3-4,6-7H,5,8-12H2,1-2H3. The van der Waals surface area contributed by atoms with Crippen molar-refractivity contribution in [1.29, 1.82) is 0 Å². The van der Waals surface area contributed by atoms with Crippen LogP contribution < -0.4 is 0 Å². The van der Waals surface area contributed by atoms with E-state index in [2.05, 4.69) is 5.10 Å². The molecule has 0 bridgehead atoms. The predicted octanol–water partition coefficient (Wildman–Crippen LogP) is 3.30. The minimum atomic E-state index is -4.74. The summed E-state index contributed by atoms with van der Waals surface area (Å²) in [6.45, 7) is 3.61. The number of alkyl halides is 3. The summed E-state index contributed by atoms with van der Waals surface area (Å²) in [6, 6.07) is 4.30. The molecular formula is C18H22ClF3N4O2S. The van der Waals surface area contributed by atoms with Crippen molar-refractivity contribution in [1.82, 2.24) is 19.0 Å². The fourth-order valence-electron chi connectivity index (χ4n) is 3.49. The molecule has 0 atom stereocenters. The van der Waals surface area contributed by atoms with Gasteiger partial charge < -0.3 is 0 Å². The molecule has 0 N–H and O–H groups in total. The lowest BCUT2D eigenvalue weighted by Gasteiger charge is -2.23. The fourth-order valence-corrected chi connectivity index (χ4v) is 5.40. The highest BCUT2D eigenvalue weighted by molar-refractivity contribution is 7.89. The SMILES string of the molecule is Cc1nn(C)c(Cl)c1CN1CCCN(S(=O)(=O)c2ccccc2C(F)(F)F)CC1. The zero-order valence-corrected chi connectivity index (χ0v) is 17.6. The molecule has 1 aliphatic rings. The molecule has 11 heteroatoms. The third kappa shape index (κ3) is 4.60. The maximum Gasteiger partial charge on any atom is 0.417 e. The normalized spacial score (nSPS) is 17.4. The molecule has 6 nitrogen and oxygen atoms in total. The van der Waals surface area contributed by atoms with Crippen LogP contribution in [0, 0.1) is 6.92 Å². The second-order valence-corrected chi connectivity index (χ2v) is 9.27. The molecular weight excluding hydrogens is 429 g/mol. The van der Waals surface area contributed by atoms with Gasteiger partial charge in [-0.2, -0.15) is 22.6 Å². The number of rotatable bonds is 4. The summed E-state index contributed by atoms with van der Waals surface area (Å²) in [7, 11) is -2.52. The Kier molecular flexibility index (Phi) is 6.28. The van der Waals surface area contributed by atoms with Gasteiger partial charge >= 0.3 is 6.18 Å².